The van der Waals surface area contributed by atoms with Crippen molar-refractivity contribution in [2.24, 2.45) is 0 Å². The first-order valence-corrected chi connectivity index (χ1v) is 7.95. The van der Waals surface area contributed by atoms with E-state index in [0.717, 1.165) is 44.3 Å². The summed E-state index contributed by atoms with van der Waals surface area (Å²) in [5.74, 6) is 0.660. The van der Waals surface area contributed by atoms with Crippen molar-refractivity contribution < 1.29 is 4.79 Å². The Morgan fingerprint density at radius 2 is 1.75 bits per heavy atom. The normalized spacial score (nSPS) is 21.0. The quantitative estimate of drug-likeness (QED) is 0.888. The topological polar surface area (TPSA) is 41.1 Å². The number of amides is 1. The van der Waals surface area contributed by atoms with Crippen LogP contribution in [0, 0.1) is 0 Å². The van der Waals surface area contributed by atoms with E-state index >= 15 is 0 Å². The van der Waals surface area contributed by atoms with Gasteiger partial charge in [0.2, 0.25) is 0 Å². The summed E-state index contributed by atoms with van der Waals surface area (Å²) < 4.78 is 0. The van der Waals surface area contributed by atoms with Crippen molar-refractivity contribution in [2.75, 3.05) is 13.1 Å². The first-order chi connectivity index (χ1) is 9.84. The predicted octanol–water partition coefficient (Wildman–Crippen LogP) is 2.83. The van der Waals surface area contributed by atoms with Crippen LogP contribution in [0.25, 0.3) is 0 Å². The number of benzene rings is 1. The highest BCUT2D eigenvalue weighted by Gasteiger charge is 2.23. The molecule has 1 saturated carbocycles. The fourth-order valence-electron chi connectivity index (χ4n) is 3.53. The third-order valence-corrected chi connectivity index (χ3v) is 4.67. The molecule has 0 unspecified atom stereocenters. The first kappa shape index (κ1) is 13.6. The van der Waals surface area contributed by atoms with Gasteiger partial charge in [-0.1, -0.05) is 31.0 Å². The fourth-order valence-corrected chi connectivity index (χ4v) is 3.53. The van der Waals surface area contributed by atoms with Crippen molar-refractivity contribution in [2.45, 2.75) is 50.5 Å². The largest absolute Gasteiger partial charge is 0.349 e. The van der Waals surface area contributed by atoms with Gasteiger partial charge in [-0.05, 0) is 56.3 Å². The molecule has 1 aromatic rings. The number of hydrogen-bond donors (Lipinski definition) is 2. The van der Waals surface area contributed by atoms with Crippen molar-refractivity contribution in [1.29, 1.82) is 0 Å². The monoisotopic (exact) mass is 272 g/mol. The van der Waals surface area contributed by atoms with E-state index in [2.05, 4.69) is 22.8 Å². The highest BCUT2D eigenvalue weighted by atomic mass is 16.1. The Bertz CT molecular complexity index is 460. The zero-order chi connectivity index (χ0) is 13.8. The lowest BCUT2D eigenvalue weighted by Gasteiger charge is -2.25. The Balaban J connectivity index is 1.75. The van der Waals surface area contributed by atoms with Gasteiger partial charge in [-0.3, -0.25) is 4.79 Å². The van der Waals surface area contributed by atoms with Crippen molar-refractivity contribution in [3.63, 3.8) is 0 Å². The second-order valence-corrected chi connectivity index (χ2v) is 6.07. The molecule has 0 bridgehead atoms. The number of hydrogen-bond acceptors (Lipinski definition) is 2. The minimum atomic E-state index is 0.131. The molecule has 3 nitrogen and oxygen atoms in total. The van der Waals surface area contributed by atoms with E-state index in [-0.39, 0.29) is 5.91 Å². The summed E-state index contributed by atoms with van der Waals surface area (Å²) >= 11 is 0. The zero-order valence-corrected chi connectivity index (χ0v) is 12.0. The van der Waals surface area contributed by atoms with Crippen LogP contribution >= 0.6 is 0 Å². The van der Waals surface area contributed by atoms with Crippen molar-refractivity contribution in [1.82, 2.24) is 10.6 Å². The molecule has 1 saturated heterocycles. The molecule has 108 valence electrons. The molecule has 2 aliphatic rings. The molecule has 20 heavy (non-hydrogen) atoms. The maximum atomic E-state index is 12.5. The molecule has 3 rings (SSSR count). The molecular weight excluding hydrogens is 248 g/mol. The average Bonchev–Trinajstić information content (AvgIpc) is 3.01. The molecule has 0 atom stereocenters. The van der Waals surface area contributed by atoms with E-state index in [1.54, 1.807) is 0 Å². The Morgan fingerprint density at radius 3 is 2.50 bits per heavy atom. The second-order valence-electron chi connectivity index (χ2n) is 6.07. The van der Waals surface area contributed by atoms with Crippen LogP contribution in [-0.2, 0) is 0 Å². The summed E-state index contributed by atoms with van der Waals surface area (Å²) in [7, 11) is 0. The van der Waals surface area contributed by atoms with Gasteiger partial charge in [-0.15, -0.1) is 0 Å². The van der Waals surface area contributed by atoms with Gasteiger partial charge < -0.3 is 10.6 Å². The lowest BCUT2D eigenvalue weighted by atomic mass is 9.87. The molecule has 1 aliphatic heterocycles. The third-order valence-electron chi connectivity index (χ3n) is 4.67. The van der Waals surface area contributed by atoms with Crippen LogP contribution in [0.15, 0.2) is 24.3 Å². The molecular formula is C17H24N2O. The number of rotatable bonds is 3. The molecule has 0 spiro atoms. The van der Waals surface area contributed by atoms with Gasteiger partial charge in [0.25, 0.3) is 5.91 Å². The van der Waals surface area contributed by atoms with E-state index in [4.69, 9.17) is 0 Å². The van der Waals surface area contributed by atoms with Crippen LogP contribution in [0.3, 0.4) is 0 Å². The minimum absolute atomic E-state index is 0.131. The lowest BCUT2D eigenvalue weighted by Crippen LogP contribution is -2.34. The number of nitrogens with one attached hydrogen (secondary N) is 2. The Labute approximate surface area is 121 Å². The Morgan fingerprint density at radius 1 is 1.05 bits per heavy atom. The summed E-state index contributed by atoms with van der Waals surface area (Å²) in [5, 5.41) is 6.61. The standard InChI is InChI=1S/C17H24N2O/c20-17(19-14-5-1-2-6-14)16-8-4-3-7-15(16)13-9-11-18-12-10-13/h3-4,7-8,13-14,18H,1-2,5-6,9-12H2,(H,19,20). The van der Waals surface area contributed by atoms with Crippen LogP contribution in [0.1, 0.15) is 60.4 Å². The van der Waals surface area contributed by atoms with Gasteiger partial charge in [0.1, 0.15) is 0 Å². The van der Waals surface area contributed by atoms with Gasteiger partial charge in [-0.25, -0.2) is 0 Å². The summed E-state index contributed by atoms with van der Waals surface area (Å²) in [6.07, 6.45) is 7.05. The number of carbonyl (C=O) groups excluding carboxylic acids is 1. The maximum absolute atomic E-state index is 12.5. The van der Waals surface area contributed by atoms with Crippen LogP contribution in [0.4, 0.5) is 0 Å². The SMILES string of the molecule is O=C(NC1CCCC1)c1ccccc1C1CCNCC1. The Kier molecular flexibility index (Phi) is 4.36. The summed E-state index contributed by atoms with van der Waals surface area (Å²) in [5.41, 5.74) is 2.13. The number of piperidine rings is 1. The molecule has 0 radical (unpaired) electrons. The van der Waals surface area contributed by atoms with Crippen LogP contribution in [0.5, 0.6) is 0 Å². The van der Waals surface area contributed by atoms with Crippen molar-refractivity contribution in [3.05, 3.63) is 35.4 Å². The number of carbonyl (C=O) groups is 1. The van der Waals surface area contributed by atoms with Crippen LogP contribution in [-0.4, -0.2) is 25.0 Å². The first-order valence-electron chi connectivity index (χ1n) is 7.95. The molecule has 0 aromatic heterocycles. The van der Waals surface area contributed by atoms with Gasteiger partial charge in [-0.2, -0.15) is 0 Å². The van der Waals surface area contributed by atoms with Gasteiger partial charge in [0.05, 0.1) is 0 Å². The van der Waals surface area contributed by atoms with Crippen LogP contribution < -0.4 is 10.6 Å². The van der Waals surface area contributed by atoms with Gasteiger partial charge >= 0.3 is 0 Å². The van der Waals surface area contributed by atoms with Gasteiger partial charge in [0, 0.05) is 11.6 Å². The minimum Gasteiger partial charge on any atom is -0.349 e. The van der Waals surface area contributed by atoms with Crippen molar-refractivity contribution in [3.8, 4) is 0 Å². The van der Waals surface area contributed by atoms with Crippen LogP contribution in [0.2, 0.25) is 0 Å². The van der Waals surface area contributed by atoms with Crippen molar-refractivity contribution >= 4 is 5.91 Å². The average molecular weight is 272 g/mol. The predicted molar refractivity (Wildman–Crippen MR) is 81.0 cm³/mol. The third kappa shape index (κ3) is 3.04. The van der Waals surface area contributed by atoms with E-state index in [0.29, 0.717) is 12.0 Å². The molecule has 1 aromatic carbocycles. The molecule has 2 fully saturated rings. The van der Waals surface area contributed by atoms with Gasteiger partial charge in [0.15, 0.2) is 0 Å². The summed E-state index contributed by atoms with van der Waals surface area (Å²) in [6, 6.07) is 8.56. The molecule has 1 heterocycles. The lowest BCUT2D eigenvalue weighted by molar-refractivity contribution is 0.0936. The van der Waals surface area contributed by atoms with E-state index in [1.165, 1.54) is 18.4 Å². The highest BCUT2D eigenvalue weighted by Crippen LogP contribution is 2.28. The zero-order valence-electron chi connectivity index (χ0n) is 12.0. The fraction of sp³-hybridized carbons (Fsp3) is 0.588. The Hall–Kier alpha value is -1.35. The summed E-state index contributed by atoms with van der Waals surface area (Å²) in [6.45, 7) is 2.12. The second kappa shape index (κ2) is 6.40. The molecule has 1 aliphatic carbocycles. The maximum Gasteiger partial charge on any atom is 0.251 e. The smallest absolute Gasteiger partial charge is 0.251 e. The van der Waals surface area contributed by atoms with E-state index in [9.17, 15) is 4.79 Å². The molecule has 3 heteroatoms. The van der Waals surface area contributed by atoms with E-state index in [1.807, 2.05) is 12.1 Å². The van der Waals surface area contributed by atoms with E-state index < -0.39 is 0 Å². The molecule has 1 amide bonds. The highest BCUT2D eigenvalue weighted by molar-refractivity contribution is 5.96. The molecule has 2 N–H and O–H groups in total. The summed E-state index contributed by atoms with van der Waals surface area (Å²) in [4.78, 5) is 12.5.